The van der Waals surface area contributed by atoms with E-state index in [1.165, 1.54) is 11.3 Å². The van der Waals surface area contributed by atoms with Crippen molar-refractivity contribution in [3.63, 3.8) is 0 Å². The van der Waals surface area contributed by atoms with Gasteiger partial charge >= 0.3 is 0 Å². The molecule has 0 aliphatic rings. The molecule has 1 heterocycles. The number of hydrogen-bond donors (Lipinski definition) is 0. The monoisotopic (exact) mass is 192 g/mol. The molecule has 0 spiro atoms. The molecule has 0 saturated heterocycles. The van der Waals surface area contributed by atoms with Gasteiger partial charge in [0.1, 0.15) is 0 Å². The maximum atomic E-state index is 13.1. The fourth-order valence-corrected chi connectivity index (χ4v) is 2.00. The molecule has 0 amide bonds. The van der Waals surface area contributed by atoms with E-state index in [-0.39, 0.29) is 16.3 Å². The van der Waals surface area contributed by atoms with Crippen LogP contribution in [0.3, 0.4) is 0 Å². The lowest BCUT2D eigenvalue weighted by atomic mass is 9.94. The highest BCUT2D eigenvalue weighted by molar-refractivity contribution is 7.10. The Kier molecular flexibility index (Phi) is 2.26. The summed E-state index contributed by atoms with van der Waals surface area (Å²) < 4.78 is 13.1. The maximum absolute atomic E-state index is 13.1. The zero-order valence-electron chi connectivity index (χ0n) is 6.74. The van der Waals surface area contributed by atoms with Crippen LogP contribution in [0.2, 0.25) is 5.02 Å². The highest BCUT2D eigenvalue weighted by Gasteiger charge is 2.21. The molecule has 0 atom stereocenters. The second kappa shape index (κ2) is 2.76. The minimum absolute atomic E-state index is 0.137. The van der Waals surface area contributed by atoms with Gasteiger partial charge in [0.25, 0.3) is 0 Å². The summed E-state index contributed by atoms with van der Waals surface area (Å²) in [5.74, 6) is -0.260. The van der Waals surface area contributed by atoms with Crippen LogP contribution in [0.1, 0.15) is 25.6 Å². The summed E-state index contributed by atoms with van der Waals surface area (Å²) >= 11 is 6.95. The largest absolute Gasteiger partial charge is 0.204 e. The highest BCUT2D eigenvalue weighted by atomic mass is 35.5. The van der Waals surface area contributed by atoms with Gasteiger partial charge in [0.2, 0.25) is 0 Å². The summed E-state index contributed by atoms with van der Waals surface area (Å²) in [6.07, 6.45) is 0. The molecule has 0 unspecified atom stereocenters. The Labute approximate surface area is 75.0 Å². The van der Waals surface area contributed by atoms with Crippen LogP contribution in [0.5, 0.6) is 0 Å². The molecular formula is C8H10ClFS. The molecule has 0 aliphatic carbocycles. The number of thiophene rings is 1. The Morgan fingerprint density at radius 2 is 2.00 bits per heavy atom. The molecule has 0 nitrogen and oxygen atoms in total. The smallest absolute Gasteiger partial charge is 0.156 e. The van der Waals surface area contributed by atoms with Crippen molar-refractivity contribution in [3.8, 4) is 0 Å². The maximum Gasteiger partial charge on any atom is 0.156 e. The van der Waals surface area contributed by atoms with Crippen molar-refractivity contribution in [1.29, 1.82) is 0 Å². The molecule has 0 radical (unpaired) electrons. The number of rotatable bonds is 0. The third kappa shape index (κ3) is 1.74. The van der Waals surface area contributed by atoms with Crippen molar-refractivity contribution >= 4 is 22.9 Å². The van der Waals surface area contributed by atoms with E-state index in [2.05, 4.69) is 0 Å². The van der Waals surface area contributed by atoms with Crippen LogP contribution in [-0.2, 0) is 5.41 Å². The van der Waals surface area contributed by atoms with E-state index in [1.807, 2.05) is 20.8 Å². The Morgan fingerprint density at radius 1 is 1.45 bits per heavy atom. The van der Waals surface area contributed by atoms with Gasteiger partial charge in [0, 0.05) is 10.3 Å². The van der Waals surface area contributed by atoms with E-state index in [1.54, 1.807) is 5.38 Å². The fraction of sp³-hybridized carbons (Fsp3) is 0.500. The van der Waals surface area contributed by atoms with Crippen molar-refractivity contribution < 1.29 is 4.39 Å². The standard InChI is InChI=1S/C8H10ClFS/c1-8(2,3)7-6(10)5(9)4-11-7/h4H,1-3H3. The molecule has 1 aromatic rings. The van der Waals surface area contributed by atoms with Crippen LogP contribution in [0.25, 0.3) is 0 Å². The van der Waals surface area contributed by atoms with E-state index in [4.69, 9.17) is 11.6 Å². The third-order valence-corrected chi connectivity index (χ3v) is 3.16. The molecule has 11 heavy (non-hydrogen) atoms. The van der Waals surface area contributed by atoms with Gasteiger partial charge in [-0.3, -0.25) is 0 Å². The summed E-state index contributed by atoms with van der Waals surface area (Å²) in [5, 5.41) is 1.87. The highest BCUT2D eigenvalue weighted by Crippen LogP contribution is 2.34. The SMILES string of the molecule is CC(C)(C)c1scc(Cl)c1F. The molecular weight excluding hydrogens is 183 g/mol. The quantitative estimate of drug-likeness (QED) is 0.586. The van der Waals surface area contributed by atoms with Gasteiger partial charge in [-0.2, -0.15) is 0 Å². The van der Waals surface area contributed by atoms with Gasteiger partial charge in [0.15, 0.2) is 5.82 Å². The van der Waals surface area contributed by atoms with E-state index >= 15 is 0 Å². The van der Waals surface area contributed by atoms with E-state index in [0.717, 1.165) is 4.88 Å². The van der Waals surface area contributed by atoms with Crippen LogP contribution in [-0.4, -0.2) is 0 Å². The second-order valence-corrected chi connectivity index (χ2v) is 4.76. The summed E-state index contributed by atoms with van der Waals surface area (Å²) in [7, 11) is 0. The lowest BCUT2D eigenvalue weighted by molar-refractivity contribution is 0.538. The first-order valence-electron chi connectivity index (χ1n) is 3.36. The zero-order chi connectivity index (χ0) is 8.65. The average Bonchev–Trinajstić information content (AvgIpc) is 2.11. The van der Waals surface area contributed by atoms with E-state index < -0.39 is 0 Å². The lowest BCUT2D eigenvalue weighted by Gasteiger charge is -2.15. The van der Waals surface area contributed by atoms with Crippen molar-refractivity contribution in [1.82, 2.24) is 0 Å². The number of halogens is 2. The molecule has 0 bridgehead atoms. The topological polar surface area (TPSA) is 0 Å². The van der Waals surface area contributed by atoms with E-state index in [9.17, 15) is 4.39 Å². The van der Waals surface area contributed by atoms with Crippen molar-refractivity contribution in [2.45, 2.75) is 26.2 Å². The van der Waals surface area contributed by atoms with Gasteiger partial charge in [-0.15, -0.1) is 11.3 Å². The molecule has 0 N–H and O–H groups in total. The molecule has 62 valence electrons. The van der Waals surface area contributed by atoms with Crippen molar-refractivity contribution in [2.75, 3.05) is 0 Å². The average molecular weight is 193 g/mol. The van der Waals surface area contributed by atoms with Crippen molar-refractivity contribution in [2.24, 2.45) is 0 Å². The van der Waals surface area contributed by atoms with Gasteiger partial charge in [-0.25, -0.2) is 4.39 Å². The fourth-order valence-electron chi connectivity index (χ4n) is 0.829. The zero-order valence-corrected chi connectivity index (χ0v) is 8.31. The number of hydrogen-bond acceptors (Lipinski definition) is 1. The Balaban J connectivity index is 3.15. The van der Waals surface area contributed by atoms with Crippen LogP contribution < -0.4 is 0 Å². The molecule has 0 fully saturated rings. The summed E-state index contributed by atoms with van der Waals surface area (Å²) in [5.41, 5.74) is -0.137. The van der Waals surface area contributed by atoms with Gasteiger partial charge in [0.05, 0.1) is 5.02 Å². The summed E-state index contributed by atoms with van der Waals surface area (Å²) in [6, 6.07) is 0. The van der Waals surface area contributed by atoms with Gasteiger partial charge in [-0.1, -0.05) is 32.4 Å². The minimum atomic E-state index is -0.260. The summed E-state index contributed by atoms with van der Waals surface area (Å²) in [6.45, 7) is 5.91. The molecule has 0 aliphatic heterocycles. The normalized spacial score (nSPS) is 12.1. The first kappa shape index (κ1) is 9.01. The predicted molar refractivity (Wildman–Crippen MR) is 48.0 cm³/mol. The van der Waals surface area contributed by atoms with Gasteiger partial charge < -0.3 is 0 Å². The van der Waals surface area contributed by atoms with Crippen LogP contribution in [0, 0.1) is 5.82 Å². The van der Waals surface area contributed by atoms with Crippen LogP contribution in [0.4, 0.5) is 4.39 Å². The predicted octanol–water partition coefficient (Wildman–Crippen LogP) is 3.84. The molecule has 1 rings (SSSR count). The Hall–Kier alpha value is -0.0800. The Bertz CT molecular complexity index is 260. The molecule has 1 aromatic heterocycles. The molecule has 0 saturated carbocycles. The Morgan fingerprint density at radius 3 is 2.18 bits per heavy atom. The van der Waals surface area contributed by atoms with Crippen LogP contribution >= 0.6 is 22.9 Å². The lowest BCUT2D eigenvalue weighted by Crippen LogP contribution is -2.10. The molecule has 3 heteroatoms. The minimum Gasteiger partial charge on any atom is -0.204 e. The first-order valence-corrected chi connectivity index (χ1v) is 4.61. The summed E-state index contributed by atoms with van der Waals surface area (Å²) in [4.78, 5) is 0.725. The first-order chi connectivity index (χ1) is 4.93. The van der Waals surface area contributed by atoms with Crippen molar-refractivity contribution in [3.05, 3.63) is 21.1 Å². The third-order valence-electron chi connectivity index (χ3n) is 1.37. The van der Waals surface area contributed by atoms with Crippen LogP contribution in [0.15, 0.2) is 5.38 Å². The second-order valence-electron chi connectivity index (χ2n) is 3.48. The van der Waals surface area contributed by atoms with Gasteiger partial charge in [-0.05, 0) is 5.41 Å². The van der Waals surface area contributed by atoms with E-state index in [0.29, 0.717) is 0 Å². The molecule has 0 aromatic carbocycles.